The first kappa shape index (κ1) is 18.5. The summed E-state index contributed by atoms with van der Waals surface area (Å²) < 4.78 is 9.83. The Hall–Kier alpha value is -2.30. The molecule has 2 aromatic rings. The predicted molar refractivity (Wildman–Crippen MR) is 95.2 cm³/mol. The van der Waals surface area contributed by atoms with Crippen LogP contribution < -0.4 is 10.6 Å². The highest BCUT2D eigenvalue weighted by atomic mass is 32.1. The second kappa shape index (κ2) is 8.39. The van der Waals surface area contributed by atoms with Crippen molar-refractivity contribution in [3.8, 4) is 0 Å². The highest BCUT2D eigenvalue weighted by Crippen LogP contribution is 2.28. The molecule has 140 valence electrons. The van der Waals surface area contributed by atoms with Gasteiger partial charge in [-0.3, -0.25) is 19.8 Å². The van der Waals surface area contributed by atoms with E-state index in [0.717, 1.165) is 23.5 Å². The first-order valence-corrected chi connectivity index (χ1v) is 9.08. The summed E-state index contributed by atoms with van der Waals surface area (Å²) in [7, 11) is 1.60. The number of rotatable bonds is 7. The van der Waals surface area contributed by atoms with Crippen molar-refractivity contribution in [1.29, 1.82) is 0 Å². The molecular formula is C16H21N5O4S. The van der Waals surface area contributed by atoms with E-state index in [2.05, 4.69) is 25.7 Å². The molecule has 26 heavy (non-hydrogen) atoms. The van der Waals surface area contributed by atoms with Gasteiger partial charge < -0.3 is 14.6 Å². The van der Waals surface area contributed by atoms with Crippen LogP contribution in [0.5, 0.6) is 0 Å². The first-order chi connectivity index (χ1) is 12.5. The van der Waals surface area contributed by atoms with Gasteiger partial charge in [-0.05, 0) is 6.92 Å². The zero-order valence-electron chi connectivity index (χ0n) is 14.7. The Balaban J connectivity index is 1.55. The van der Waals surface area contributed by atoms with Crippen LogP contribution in [0, 0.1) is 6.92 Å². The summed E-state index contributed by atoms with van der Waals surface area (Å²) in [4.78, 5) is 31.7. The zero-order valence-corrected chi connectivity index (χ0v) is 15.5. The minimum Gasteiger partial charge on any atom is -0.383 e. The van der Waals surface area contributed by atoms with Crippen LogP contribution in [-0.4, -0.2) is 60.2 Å². The summed E-state index contributed by atoms with van der Waals surface area (Å²) in [6.07, 6.45) is 0.746. The lowest BCUT2D eigenvalue weighted by molar-refractivity contribution is -0.122. The smallest absolute Gasteiger partial charge is 0.279 e. The number of amides is 2. The lowest BCUT2D eigenvalue weighted by Crippen LogP contribution is -2.40. The van der Waals surface area contributed by atoms with Gasteiger partial charge in [0.25, 0.3) is 5.91 Å². The summed E-state index contributed by atoms with van der Waals surface area (Å²) in [5.74, 6) is 0.209. The van der Waals surface area contributed by atoms with Crippen LogP contribution in [0.4, 0.5) is 5.13 Å². The van der Waals surface area contributed by atoms with Crippen molar-refractivity contribution in [3.63, 3.8) is 0 Å². The summed E-state index contributed by atoms with van der Waals surface area (Å²) >= 11 is 1.42. The summed E-state index contributed by atoms with van der Waals surface area (Å²) in [5, 5.41) is 9.80. The van der Waals surface area contributed by atoms with E-state index in [1.807, 2.05) is 0 Å². The highest BCUT2D eigenvalue weighted by molar-refractivity contribution is 7.15. The molecule has 0 unspecified atom stereocenters. The monoisotopic (exact) mass is 379 g/mol. The van der Waals surface area contributed by atoms with E-state index in [-0.39, 0.29) is 17.5 Å². The predicted octanol–water partition coefficient (Wildman–Crippen LogP) is 0.813. The van der Waals surface area contributed by atoms with Crippen molar-refractivity contribution in [3.05, 3.63) is 28.1 Å². The quantitative estimate of drug-likeness (QED) is 0.685. The molecule has 3 rings (SSSR count). The Labute approximate surface area is 154 Å². The number of ether oxygens (including phenoxy) is 1. The topological polar surface area (TPSA) is 110 Å². The van der Waals surface area contributed by atoms with E-state index >= 15 is 0 Å². The van der Waals surface area contributed by atoms with Gasteiger partial charge >= 0.3 is 0 Å². The lowest BCUT2D eigenvalue weighted by Gasteiger charge is -2.25. The first-order valence-electron chi connectivity index (χ1n) is 8.26. The van der Waals surface area contributed by atoms with Gasteiger partial charge in [-0.25, -0.2) is 4.98 Å². The number of methoxy groups -OCH3 is 1. The largest absolute Gasteiger partial charge is 0.383 e. The molecule has 1 aliphatic heterocycles. The van der Waals surface area contributed by atoms with Gasteiger partial charge in [-0.15, -0.1) is 11.3 Å². The van der Waals surface area contributed by atoms with Crippen molar-refractivity contribution in [1.82, 2.24) is 20.4 Å². The maximum Gasteiger partial charge on any atom is 0.279 e. The zero-order chi connectivity index (χ0) is 18.5. The molecule has 2 amide bonds. The van der Waals surface area contributed by atoms with Gasteiger partial charge in [0.2, 0.25) is 5.91 Å². The standard InChI is InChI=1S/C16H21N5O4S/c1-10-7-12(20-25-10)15(23)19-16-18-11-3-5-21(8-13(11)26-16)9-14(22)17-4-6-24-2/h7H,3-6,8-9H2,1-2H3,(H,17,22)(H,18,19,23). The minimum atomic E-state index is -0.345. The number of nitrogens with zero attached hydrogens (tertiary/aromatic N) is 3. The number of anilines is 1. The van der Waals surface area contributed by atoms with Gasteiger partial charge in [0.05, 0.1) is 18.8 Å². The molecule has 0 saturated carbocycles. The Morgan fingerprint density at radius 1 is 1.46 bits per heavy atom. The number of aromatic nitrogens is 2. The number of aryl methyl sites for hydroxylation is 1. The summed E-state index contributed by atoms with van der Waals surface area (Å²) in [6, 6.07) is 1.58. The average Bonchev–Trinajstić information content (AvgIpc) is 3.20. The minimum absolute atomic E-state index is 0.0232. The molecule has 0 spiro atoms. The van der Waals surface area contributed by atoms with Crippen molar-refractivity contribution < 1.29 is 18.8 Å². The fraction of sp³-hybridized carbons (Fsp3) is 0.500. The molecule has 0 aromatic carbocycles. The van der Waals surface area contributed by atoms with E-state index in [9.17, 15) is 9.59 Å². The van der Waals surface area contributed by atoms with Crippen LogP contribution in [-0.2, 0) is 22.5 Å². The fourth-order valence-electron chi connectivity index (χ4n) is 2.62. The lowest BCUT2D eigenvalue weighted by atomic mass is 10.2. The SMILES string of the molecule is COCCNC(=O)CN1CCc2nc(NC(=O)c3cc(C)on3)sc2C1. The number of fused-ring (bicyclic) bond motifs is 1. The second-order valence-corrected chi connectivity index (χ2v) is 7.05. The summed E-state index contributed by atoms with van der Waals surface area (Å²) in [6.45, 7) is 4.46. The van der Waals surface area contributed by atoms with Gasteiger partial charge in [0, 0.05) is 44.1 Å². The number of carbonyl (C=O) groups excluding carboxylic acids is 2. The van der Waals surface area contributed by atoms with Gasteiger partial charge in [-0.2, -0.15) is 0 Å². The Bertz CT molecular complexity index is 787. The third kappa shape index (κ3) is 4.65. The second-order valence-electron chi connectivity index (χ2n) is 5.97. The van der Waals surface area contributed by atoms with Crippen molar-refractivity contribution in [2.24, 2.45) is 0 Å². The van der Waals surface area contributed by atoms with Crippen molar-refractivity contribution in [2.75, 3.05) is 38.7 Å². The molecule has 0 atom stereocenters. The average molecular weight is 379 g/mol. The molecular weight excluding hydrogens is 358 g/mol. The summed E-state index contributed by atoms with van der Waals surface area (Å²) in [5.41, 5.74) is 1.20. The Kier molecular flexibility index (Phi) is 5.96. The van der Waals surface area contributed by atoms with E-state index in [4.69, 9.17) is 9.26 Å². The molecule has 0 radical (unpaired) electrons. The van der Waals surface area contributed by atoms with E-state index in [1.54, 1.807) is 20.1 Å². The van der Waals surface area contributed by atoms with E-state index < -0.39 is 0 Å². The molecule has 0 fully saturated rings. The Morgan fingerprint density at radius 3 is 3.04 bits per heavy atom. The van der Waals surface area contributed by atoms with Crippen LogP contribution in [0.25, 0.3) is 0 Å². The van der Waals surface area contributed by atoms with Crippen LogP contribution in [0.15, 0.2) is 10.6 Å². The number of thiazole rings is 1. The van der Waals surface area contributed by atoms with E-state index in [0.29, 0.717) is 37.1 Å². The van der Waals surface area contributed by atoms with Crippen LogP contribution >= 0.6 is 11.3 Å². The number of hydrogen-bond donors (Lipinski definition) is 2. The van der Waals surface area contributed by atoms with Crippen LogP contribution in [0.1, 0.15) is 26.8 Å². The fourth-order valence-corrected chi connectivity index (χ4v) is 3.67. The molecule has 0 bridgehead atoms. The molecule has 0 saturated heterocycles. The number of carbonyl (C=O) groups is 2. The van der Waals surface area contributed by atoms with Crippen molar-refractivity contribution >= 4 is 28.3 Å². The van der Waals surface area contributed by atoms with Crippen LogP contribution in [0.3, 0.4) is 0 Å². The number of nitrogens with one attached hydrogen (secondary N) is 2. The third-order valence-electron chi connectivity index (χ3n) is 3.89. The molecule has 9 nitrogen and oxygen atoms in total. The molecule has 2 aromatic heterocycles. The molecule has 0 aliphatic carbocycles. The van der Waals surface area contributed by atoms with Gasteiger partial charge in [0.15, 0.2) is 10.8 Å². The number of hydrogen-bond acceptors (Lipinski definition) is 8. The van der Waals surface area contributed by atoms with E-state index in [1.165, 1.54) is 11.3 Å². The normalized spacial score (nSPS) is 14.1. The molecule has 10 heteroatoms. The van der Waals surface area contributed by atoms with Gasteiger partial charge in [0.1, 0.15) is 5.76 Å². The highest BCUT2D eigenvalue weighted by Gasteiger charge is 2.23. The Morgan fingerprint density at radius 2 is 2.31 bits per heavy atom. The maximum atomic E-state index is 12.1. The maximum absolute atomic E-state index is 12.1. The molecule has 1 aliphatic rings. The van der Waals surface area contributed by atoms with Gasteiger partial charge in [-0.1, -0.05) is 5.16 Å². The third-order valence-corrected chi connectivity index (χ3v) is 4.88. The van der Waals surface area contributed by atoms with Crippen LogP contribution in [0.2, 0.25) is 0 Å². The van der Waals surface area contributed by atoms with Crippen molar-refractivity contribution in [2.45, 2.75) is 19.9 Å². The molecule has 3 heterocycles. The molecule has 2 N–H and O–H groups in total.